The van der Waals surface area contributed by atoms with Crippen LogP contribution in [0.5, 0.6) is 0 Å². The predicted molar refractivity (Wildman–Crippen MR) is 79.7 cm³/mol. The highest BCUT2D eigenvalue weighted by Gasteiger charge is 2.42. The molecule has 0 radical (unpaired) electrons. The lowest BCUT2D eigenvalue weighted by atomic mass is 9.79. The number of piperidine rings is 1. The van der Waals surface area contributed by atoms with E-state index >= 15 is 0 Å². The van der Waals surface area contributed by atoms with Crippen LogP contribution in [0.25, 0.3) is 0 Å². The third kappa shape index (κ3) is 2.77. The van der Waals surface area contributed by atoms with Crippen LogP contribution in [-0.2, 0) is 14.8 Å². The molecule has 3 rings (SSSR count). The molecule has 1 unspecified atom stereocenters. The molecular formula is C12H18N4O3S2. The van der Waals surface area contributed by atoms with E-state index in [1.54, 1.807) is 6.92 Å². The lowest BCUT2D eigenvalue weighted by Gasteiger charge is -2.39. The average Bonchev–Trinajstić information content (AvgIpc) is 2.93. The molecule has 116 valence electrons. The van der Waals surface area contributed by atoms with Crippen molar-refractivity contribution in [2.24, 2.45) is 10.6 Å². The summed E-state index contributed by atoms with van der Waals surface area (Å²) in [7, 11) is -3.72. The summed E-state index contributed by atoms with van der Waals surface area (Å²) in [6.45, 7) is 3.89. The van der Waals surface area contributed by atoms with E-state index in [1.807, 2.05) is 0 Å². The first kappa shape index (κ1) is 14.7. The summed E-state index contributed by atoms with van der Waals surface area (Å²) in [5, 5.41) is 8.77. The van der Waals surface area contributed by atoms with Crippen molar-refractivity contribution in [2.45, 2.75) is 30.4 Å². The first-order valence-corrected chi connectivity index (χ1v) is 9.17. The number of thiazole rings is 1. The Morgan fingerprint density at radius 3 is 2.81 bits per heavy atom. The van der Waals surface area contributed by atoms with Gasteiger partial charge in [-0.25, -0.2) is 18.5 Å². The molecule has 2 aliphatic heterocycles. The molecule has 0 aromatic carbocycles. The molecule has 3 heterocycles. The van der Waals surface area contributed by atoms with Gasteiger partial charge in [0.2, 0.25) is 15.9 Å². The van der Waals surface area contributed by atoms with Gasteiger partial charge in [0.1, 0.15) is 0 Å². The third-order valence-corrected chi connectivity index (χ3v) is 6.90. The molecule has 0 saturated carbocycles. The molecule has 2 saturated heterocycles. The van der Waals surface area contributed by atoms with Gasteiger partial charge in [-0.05, 0) is 19.8 Å². The van der Waals surface area contributed by atoms with E-state index in [4.69, 9.17) is 5.14 Å². The molecule has 0 aliphatic carbocycles. The molecule has 0 bridgehead atoms. The molecular weight excluding hydrogens is 312 g/mol. The van der Waals surface area contributed by atoms with Gasteiger partial charge < -0.3 is 10.2 Å². The fourth-order valence-electron chi connectivity index (χ4n) is 3.18. The van der Waals surface area contributed by atoms with Crippen LogP contribution >= 0.6 is 11.3 Å². The standard InChI is InChI=1S/C12H18N4O3S2/c1-8-10(21(13,18)19)20-11(15-8)16-4-2-3-12(7-16)5-9(17)14-6-12/h2-7H2,1H3,(H,14,17)(H2,13,18,19). The number of carbonyl (C=O) groups is 1. The highest BCUT2D eigenvalue weighted by atomic mass is 32.2. The Morgan fingerprint density at radius 1 is 1.48 bits per heavy atom. The summed E-state index contributed by atoms with van der Waals surface area (Å²) in [6, 6.07) is 0. The van der Waals surface area contributed by atoms with Crippen LogP contribution in [0.3, 0.4) is 0 Å². The first-order chi connectivity index (χ1) is 9.79. The molecule has 3 N–H and O–H groups in total. The predicted octanol–water partition coefficient (Wildman–Crippen LogP) is 0.205. The summed E-state index contributed by atoms with van der Waals surface area (Å²) < 4.78 is 23.2. The van der Waals surface area contributed by atoms with Gasteiger partial charge in [0.25, 0.3) is 0 Å². The van der Waals surface area contributed by atoms with Gasteiger partial charge in [-0.2, -0.15) is 0 Å². The Kier molecular flexibility index (Phi) is 3.45. The van der Waals surface area contributed by atoms with Crippen molar-refractivity contribution in [1.29, 1.82) is 0 Å². The number of aromatic nitrogens is 1. The molecule has 21 heavy (non-hydrogen) atoms. The number of primary sulfonamides is 1. The van der Waals surface area contributed by atoms with Gasteiger partial charge >= 0.3 is 0 Å². The minimum atomic E-state index is -3.72. The number of nitrogens with zero attached hydrogens (tertiary/aromatic N) is 2. The minimum Gasteiger partial charge on any atom is -0.355 e. The van der Waals surface area contributed by atoms with E-state index in [2.05, 4.69) is 15.2 Å². The number of anilines is 1. The number of hydrogen-bond donors (Lipinski definition) is 2. The number of sulfonamides is 1. The molecule has 7 nitrogen and oxygen atoms in total. The van der Waals surface area contributed by atoms with Crippen molar-refractivity contribution < 1.29 is 13.2 Å². The maximum Gasteiger partial charge on any atom is 0.249 e. The van der Waals surface area contributed by atoms with E-state index in [0.717, 1.165) is 37.3 Å². The summed E-state index contributed by atoms with van der Waals surface area (Å²) in [5.41, 5.74) is 0.397. The second-order valence-electron chi connectivity index (χ2n) is 5.89. The fraction of sp³-hybridized carbons (Fsp3) is 0.667. The number of nitrogens with two attached hydrogens (primary N) is 1. The van der Waals surface area contributed by atoms with E-state index in [9.17, 15) is 13.2 Å². The molecule has 1 aromatic rings. The Balaban J connectivity index is 1.86. The Labute approximate surface area is 127 Å². The van der Waals surface area contributed by atoms with Gasteiger partial charge in [0, 0.05) is 31.5 Å². The van der Waals surface area contributed by atoms with E-state index in [-0.39, 0.29) is 15.5 Å². The second-order valence-corrected chi connectivity index (χ2v) is 8.63. The van der Waals surface area contributed by atoms with Crippen molar-refractivity contribution in [1.82, 2.24) is 10.3 Å². The smallest absolute Gasteiger partial charge is 0.249 e. The van der Waals surface area contributed by atoms with Crippen molar-refractivity contribution in [3.05, 3.63) is 5.69 Å². The van der Waals surface area contributed by atoms with Crippen molar-refractivity contribution in [3.8, 4) is 0 Å². The number of aryl methyl sites for hydroxylation is 1. The molecule has 1 spiro atoms. The normalized spacial score (nSPS) is 26.4. The van der Waals surface area contributed by atoms with Gasteiger partial charge in [-0.1, -0.05) is 11.3 Å². The van der Waals surface area contributed by atoms with Gasteiger partial charge in [-0.15, -0.1) is 0 Å². The number of nitrogens with one attached hydrogen (secondary N) is 1. The molecule has 9 heteroatoms. The Bertz CT molecular complexity index is 685. The van der Waals surface area contributed by atoms with Crippen LogP contribution in [0.15, 0.2) is 4.21 Å². The summed E-state index contributed by atoms with van der Waals surface area (Å²) in [5.74, 6) is 0.0948. The van der Waals surface area contributed by atoms with Crippen LogP contribution in [0, 0.1) is 12.3 Å². The first-order valence-electron chi connectivity index (χ1n) is 6.81. The van der Waals surface area contributed by atoms with Crippen molar-refractivity contribution >= 4 is 32.4 Å². The zero-order valence-corrected chi connectivity index (χ0v) is 13.4. The van der Waals surface area contributed by atoms with Crippen LogP contribution in [0.4, 0.5) is 5.13 Å². The number of amides is 1. The van der Waals surface area contributed by atoms with Crippen molar-refractivity contribution in [3.63, 3.8) is 0 Å². The summed E-state index contributed by atoms with van der Waals surface area (Å²) in [6.07, 6.45) is 2.52. The lowest BCUT2D eigenvalue weighted by molar-refractivity contribution is -0.119. The fourth-order valence-corrected chi connectivity index (χ4v) is 5.15. The number of rotatable bonds is 2. The van der Waals surface area contributed by atoms with E-state index in [0.29, 0.717) is 23.8 Å². The zero-order chi connectivity index (χ0) is 15.3. The van der Waals surface area contributed by atoms with Crippen LogP contribution in [0.1, 0.15) is 25.0 Å². The zero-order valence-electron chi connectivity index (χ0n) is 11.8. The monoisotopic (exact) mass is 330 g/mol. The molecule has 2 aliphatic rings. The van der Waals surface area contributed by atoms with Crippen LogP contribution in [-0.4, -0.2) is 38.9 Å². The number of carbonyl (C=O) groups excluding carboxylic acids is 1. The average molecular weight is 330 g/mol. The van der Waals surface area contributed by atoms with Crippen molar-refractivity contribution in [2.75, 3.05) is 24.5 Å². The largest absolute Gasteiger partial charge is 0.355 e. The topological polar surface area (TPSA) is 105 Å². The maximum atomic E-state index is 11.5. The molecule has 1 amide bonds. The van der Waals surface area contributed by atoms with Gasteiger partial charge in [0.05, 0.1) is 5.69 Å². The maximum absolute atomic E-state index is 11.5. The van der Waals surface area contributed by atoms with E-state index in [1.165, 1.54) is 0 Å². The SMILES string of the molecule is Cc1nc(N2CCCC3(CNC(=O)C3)C2)sc1S(N)(=O)=O. The third-order valence-electron chi connectivity index (χ3n) is 4.13. The van der Waals surface area contributed by atoms with Gasteiger partial charge in [0.15, 0.2) is 9.34 Å². The Morgan fingerprint density at radius 2 is 2.24 bits per heavy atom. The van der Waals surface area contributed by atoms with Crippen LogP contribution in [0.2, 0.25) is 0 Å². The van der Waals surface area contributed by atoms with E-state index < -0.39 is 10.0 Å². The summed E-state index contributed by atoms with van der Waals surface area (Å²) in [4.78, 5) is 17.9. The van der Waals surface area contributed by atoms with Crippen LogP contribution < -0.4 is 15.4 Å². The highest BCUT2D eigenvalue weighted by molar-refractivity contribution is 7.91. The Hall–Kier alpha value is -1.19. The highest BCUT2D eigenvalue weighted by Crippen LogP contribution is 2.39. The number of hydrogen-bond acceptors (Lipinski definition) is 6. The summed E-state index contributed by atoms with van der Waals surface area (Å²) >= 11 is 1.11. The lowest BCUT2D eigenvalue weighted by Crippen LogP contribution is -2.44. The second kappa shape index (κ2) is 4.92. The molecule has 1 atom stereocenters. The molecule has 1 aromatic heterocycles. The van der Waals surface area contributed by atoms with Gasteiger partial charge in [-0.3, -0.25) is 4.79 Å². The molecule has 2 fully saturated rings. The quantitative estimate of drug-likeness (QED) is 0.806. The minimum absolute atomic E-state index is 0.0450.